The van der Waals surface area contributed by atoms with Crippen molar-refractivity contribution in [1.82, 2.24) is 0 Å². The van der Waals surface area contributed by atoms with Crippen LogP contribution in [0, 0.1) is 0 Å². The van der Waals surface area contributed by atoms with Gasteiger partial charge >= 0.3 is 157 Å². The summed E-state index contributed by atoms with van der Waals surface area (Å²) in [5, 5.41) is 38.5. The van der Waals surface area contributed by atoms with E-state index in [1.807, 2.05) is 11.6 Å². The van der Waals surface area contributed by atoms with Crippen molar-refractivity contribution in [2.45, 2.75) is 47.3 Å². The van der Waals surface area contributed by atoms with Gasteiger partial charge in [0.25, 0.3) is 0 Å². The number of aliphatic carboxylic acids is 2. The average Bonchev–Trinajstić information content (AvgIpc) is 2.33. The maximum absolute atomic E-state index is 9.85. The molecule has 0 aromatic rings. The Labute approximate surface area is 155 Å². The van der Waals surface area contributed by atoms with Gasteiger partial charge in [0, 0.05) is 0 Å². The summed E-state index contributed by atoms with van der Waals surface area (Å²) in [6.07, 6.45) is -1.85. The van der Waals surface area contributed by atoms with Gasteiger partial charge in [0.05, 0.1) is 0 Å². The molecule has 0 spiro atoms. The number of carboxylic acid groups (broad SMARTS) is 2. The van der Waals surface area contributed by atoms with Crippen LogP contribution in [0.15, 0.2) is 0 Å². The fraction of sp³-hybridized carbons (Fsp3) is 0.800. The van der Waals surface area contributed by atoms with Crippen LogP contribution in [0.4, 0.5) is 0 Å². The molecule has 0 radical (unpaired) electrons. The first-order valence-corrected chi connectivity index (χ1v) is 11.0. The molecule has 0 heterocycles. The Morgan fingerprint density at radius 3 is 1.37 bits per heavy atom. The Morgan fingerprint density at radius 1 is 0.947 bits per heavy atom. The summed E-state index contributed by atoms with van der Waals surface area (Å²) in [6, 6.07) is 0. The van der Waals surface area contributed by atoms with Crippen molar-refractivity contribution >= 4 is 79.6 Å². The number of carboxylic acids is 2. The van der Waals surface area contributed by atoms with Gasteiger partial charge in [0.2, 0.25) is 0 Å². The fourth-order valence-corrected chi connectivity index (χ4v) is 2.62. The molecule has 0 saturated heterocycles. The first-order valence-electron chi connectivity index (χ1n) is 5.12. The Morgan fingerprint density at radius 2 is 1.21 bits per heavy atom. The molecular formula is C10H18CaO6Se2. The van der Waals surface area contributed by atoms with Crippen LogP contribution in [0.1, 0.15) is 12.8 Å². The van der Waals surface area contributed by atoms with E-state index in [4.69, 9.17) is 10.2 Å². The minimum atomic E-state index is -1.36. The summed E-state index contributed by atoms with van der Waals surface area (Å²) in [5.74, 6) is 1.27. The van der Waals surface area contributed by atoms with Crippen LogP contribution >= 0.6 is 0 Å². The van der Waals surface area contributed by atoms with Crippen LogP contribution in [0.5, 0.6) is 0 Å². The Kier molecular flexibility index (Phi) is 22.8. The van der Waals surface area contributed by atoms with Crippen LogP contribution in [0.2, 0.25) is 22.3 Å². The van der Waals surface area contributed by atoms with Gasteiger partial charge in [-0.25, -0.2) is 0 Å². The topological polar surface area (TPSA) is 121 Å². The normalized spacial score (nSPS) is 12.4. The number of rotatable bonds is 8. The van der Waals surface area contributed by atoms with Crippen molar-refractivity contribution < 1.29 is 30.0 Å². The molecule has 2 N–H and O–H groups in total. The Bertz CT molecular complexity index is 218. The molecule has 0 saturated carbocycles. The van der Waals surface area contributed by atoms with E-state index in [-0.39, 0.29) is 37.7 Å². The van der Waals surface area contributed by atoms with Crippen LogP contribution < -0.4 is 10.2 Å². The summed E-state index contributed by atoms with van der Waals surface area (Å²) in [4.78, 5) is 19.7. The van der Waals surface area contributed by atoms with E-state index in [9.17, 15) is 19.8 Å². The molecule has 6 nitrogen and oxygen atoms in total. The van der Waals surface area contributed by atoms with Crippen molar-refractivity contribution in [2.24, 2.45) is 0 Å². The first kappa shape index (κ1) is 25.1. The first-order chi connectivity index (χ1) is 8.36. The Balaban J connectivity index is -0.000000256. The minimum Gasteiger partial charge on any atom is 2.00 e. The van der Waals surface area contributed by atoms with Gasteiger partial charge in [-0.2, -0.15) is 0 Å². The van der Waals surface area contributed by atoms with Crippen molar-refractivity contribution in [2.75, 3.05) is 0 Å². The van der Waals surface area contributed by atoms with Crippen LogP contribution in [0.25, 0.3) is 0 Å². The molecule has 2 unspecified atom stereocenters. The predicted molar refractivity (Wildman–Crippen MR) is 69.9 cm³/mol. The summed E-state index contributed by atoms with van der Waals surface area (Å²) in [7, 11) is 0. The van der Waals surface area contributed by atoms with Crippen molar-refractivity contribution in [1.29, 1.82) is 0 Å². The van der Waals surface area contributed by atoms with Crippen molar-refractivity contribution in [3.05, 3.63) is 0 Å². The number of aliphatic hydroxyl groups excluding tert-OH is 2. The Hall–Kier alpha value is 1.16. The van der Waals surface area contributed by atoms with Gasteiger partial charge in [-0.3, -0.25) is 0 Å². The van der Waals surface area contributed by atoms with Gasteiger partial charge in [-0.15, -0.1) is 0 Å². The standard InChI is InChI=1S/2C5H10O3Se.Ca/c2*1-9-3-2-4(6)5(7)8;/h2*4,6H,2-3H2,1H3,(H,7,8);/q;;+2/p-2. The zero-order chi connectivity index (χ0) is 14.6. The van der Waals surface area contributed by atoms with E-state index >= 15 is 0 Å². The second-order valence-electron chi connectivity index (χ2n) is 3.23. The zero-order valence-electron chi connectivity index (χ0n) is 11.0. The van der Waals surface area contributed by atoms with E-state index < -0.39 is 24.1 Å². The van der Waals surface area contributed by atoms with Gasteiger partial charge in [0.1, 0.15) is 0 Å². The summed E-state index contributed by atoms with van der Waals surface area (Å²) in [6.45, 7) is 0. The quantitative estimate of drug-likeness (QED) is 0.393. The summed E-state index contributed by atoms with van der Waals surface area (Å²) < 4.78 is 0. The molecule has 0 aliphatic rings. The van der Waals surface area contributed by atoms with E-state index in [0.717, 1.165) is 10.6 Å². The average molecular weight is 432 g/mol. The number of aliphatic hydroxyl groups is 2. The molecule has 2 atom stereocenters. The molecular weight excluding hydrogens is 414 g/mol. The van der Waals surface area contributed by atoms with Crippen LogP contribution in [-0.4, -0.2) is 102 Å². The fourth-order valence-electron chi connectivity index (χ4n) is 0.695. The number of hydrogen-bond donors (Lipinski definition) is 2. The molecule has 0 aliphatic carbocycles. The molecule has 19 heavy (non-hydrogen) atoms. The second kappa shape index (κ2) is 17.2. The van der Waals surface area contributed by atoms with E-state index in [1.54, 1.807) is 0 Å². The molecule has 0 fully saturated rings. The second-order valence-corrected chi connectivity index (χ2v) is 7.37. The SMILES string of the molecule is C[Se]CCC(O)C(=O)[O-].C[Se]CCC(O)C(=O)[O-].[Ca+2]. The maximum atomic E-state index is 9.85. The molecule has 9 heteroatoms. The van der Waals surface area contributed by atoms with E-state index in [2.05, 4.69) is 0 Å². The third-order valence-electron chi connectivity index (χ3n) is 1.73. The molecule has 0 aromatic heterocycles. The van der Waals surface area contributed by atoms with Crippen molar-refractivity contribution in [3.63, 3.8) is 0 Å². The van der Waals surface area contributed by atoms with Gasteiger partial charge < -0.3 is 0 Å². The summed E-state index contributed by atoms with van der Waals surface area (Å²) >= 11 is 0.882. The minimum absolute atomic E-state index is 0. The molecule has 0 rings (SSSR count). The maximum Gasteiger partial charge on any atom is 2.00 e. The van der Waals surface area contributed by atoms with E-state index in [1.165, 1.54) is 0 Å². The third kappa shape index (κ3) is 19.2. The van der Waals surface area contributed by atoms with Gasteiger partial charge in [-0.05, 0) is 0 Å². The van der Waals surface area contributed by atoms with Gasteiger partial charge in [0.15, 0.2) is 0 Å². The van der Waals surface area contributed by atoms with Crippen LogP contribution in [-0.2, 0) is 9.59 Å². The smallest absolute Gasteiger partial charge is 2.00 e. The van der Waals surface area contributed by atoms with Gasteiger partial charge in [-0.1, -0.05) is 0 Å². The monoisotopic (exact) mass is 434 g/mol. The number of carbonyl (C=O) groups excluding carboxylic acids is 2. The predicted octanol–water partition coefficient (Wildman–Crippen LogP) is -3.06. The zero-order valence-corrected chi connectivity index (χ0v) is 16.7. The molecule has 108 valence electrons. The van der Waals surface area contributed by atoms with Crippen LogP contribution in [0.3, 0.4) is 0 Å². The molecule has 0 aromatic carbocycles. The van der Waals surface area contributed by atoms with E-state index in [0.29, 0.717) is 42.8 Å². The molecule has 0 aliphatic heterocycles. The number of hydrogen-bond acceptors (Lipinski definition) is 6. The molecule has 0 amide bonds. The largest absolute Gasteiger partial charge is 2.00 e. The number of carbonyl (C=O) groups is 2. The third-order valence-corrected chi connectivity index (χ3v) is 4.44. The molecule has 0 bridgehead atoms. The van der Waals surface area contributed by atoms with Crippen molar-refractivity contribution in [3.8, 4) is 0 Å². The summed E-state index contributed by atoms with van der Waals surface area (Å²) in [5.41, 5.74) is 0.